The van der Waals surface area contributed by atoms with Crippen LogP contribution in [0.4, 0.5) is 0 Å². The summed E-state index contributed by atoms with van der Waals surface area (Å²) in [4.78, 5) is 26.1. The summed E-state index contributed by atoms with van der Waals surface area (Å²) in [5.41, 5.74) is 5.26. The largest absolute Gasteiger partial charge is 0.323 e. The number of hydrogen-bond donors (Lipinski definition) is 2. The molecule has 5 rings (SSSR count). The van der Waals surface area contributed by atoms with Crippen LogP contribution in [0.2, 0.25) is 0 Å². The van der Waals surface area contributed by atoms with Crippen LogP contribution >= 0.6 is 0 Å². The van der Waals surface area contributed by atoms with Crippen molar-refractivity contribution in [2.24, 2.45) is 0 Å². The molecule has 8 nitrogen and oxygen atoms in total. The van der Waals surface area contributed by atoms with Gasteiger partial charge in [0, 0.05) is 37.0 Å². The maximum Gasteiger partial charge on any atom is 0.323 e. The molecule has 0 bridgehead atoms. The molecule has 2 N–H and O–H groups in total. The lowest BCUT2D eigenvalue weighted by Gasteiger charge is -2.30. The van der Waals surface area contributed by atoms with Crippen LogP contribution < -0.4 is 5.69 Å². The normalized spacial score (nSPS) is 15.8. The van der Waals surface area contributed by atoms with E-state index in [0.29, 0.717) is 37.0 Å². The van der Waals surface area contributed by atoms with Crippen LogP contribution in [0, 0.1) is 13.8 Å². The van der Waals surface area contributed by atoms with Gasteiger partial charge in [0.15, 0.2) is 0 Å². The molecule has 3 heterocycles. The number of H-pyrrole nitrogens is 2. The van der Waals surface area contributed by atoms with Crippen molar-refractivity contribution < 1.29 is 8.42 Å². The van der Waals surface area contributed by atoms with Crippen LogP contribution in [0.1, 0.15) is 35.7 Å². The molecule has 170 valence electrons. The Morgan fingerprint density at radius 2 is 1.67 bits per heavy atom. The number of rotatable bonds is 4. The summed E-state index contributed by atoms with van der Waals surface area (Å²) in [7, 11) is -3.64. The first-order valence-corrected chi connectivity index (χ1v) is 12.4. The van der Waals surface area contributed by atoms with Gasteiger partial charge in [0.25, 0.3) is 0 Å². The van der Waals surface area contributed by atoms with E-state index < -0.39 is 10.0 Å². The topological polar surface area (TPSA) is 112 Å². The van der Waals surface area contributed by atoms with Crippen molar-refractivity contribution in [2.75, 3.05) is 13.1 Å². The van der Waals surface area contributed by atoms with E-state index >= 15 is 0 Å². The van der Waals surface area contributed by atoms with E-state index in [1.165, 1.54) is 27.6 Å². The quantitative estimate of drug-likeness (QED) is 0.481. The summed E-state index contributed by atoms with van der Waals surface area (Å²) in [6.45, 7) is 4.99. The summed E-state index contributed by atoms with van der Waals surface area (Å²) in [5.74, 6) is 0.875. The number of aromatic nitrogens is 4. The van der Waals surface area contributed by atoms with Gasteiger partial charge < -0.3 is 9.97 Å². The number of nitrogens with zero attached hydrogens (tertiary/aromatic N) is 3. The molecule has 2 aromatic carbocycles. The van der Waals surface area contributed by atoms with E-state index in [0.717, 1.165) is 17.0 Å². The van der Waals surface area contributed by atoms with Gasteiger partial charge in [-0.3, -0.25) is 0 Å². The first-order valence-electron chi connectivity index (χ1n) is 10.9. The highest BCUT2D eigenvalue weighted by atomic mass is 32.2. The maximum absolute atomic E-state index is 13.1. The highest BCUT2D eigenvalue weighted by molar-refractivity contribution is 7.89. The minimum Gasteiger partial charge on any atom is -0.306 e. The van der Waals surface area contributed by atoms with Gasteiger partial charge in [-0.15, -0.1) is 0 Å². The van der Waals surface area contributed by atoms with Crippen molar-refractivity contribution in [3.8, 4) is 11.1 Å². The van der Waals surface area contributed by atoms with Crippen LogP contribution in [0.25, 0.3) is 22.2 Å². The molecule has 0 atom stereocenters. The average Bonchev–Trinajstić information content (AvgIpc) is 3.20. The average molecular weight is 464 g/mol. The van der Waals surface area contributed by atoms with E-state index in [4.69, 9.17) is 0 Å². The smallest absolute Gasteiger partial charge is 0.306 e. The van der Waals surface area contributed by atoms with Crippen molar-refractivity contribution >= 4 is 21.1 Å². The van der Waals surface area contributed by atoms with Crippen molar-refractivity contribution in [1.82, 2.24) is 24.2 Å². The van der Waals surface area contributed by atoms with E-state index in [9.17, 15) is 13.2 Å². The third kappa shape index (κ3) is 3.98. The predicted octanol–water partition coefficient (Wildman–Crippen LogP) is 3.50. The zero-order valence-electron chi connectivity index (χ0n) is 18.5. The van der Waals surface area contributed by atoms with Gasteiger partial charge in [-0.05, 0) is 61.6 Å². The molecule has 0 spiro atoms. The molecule has 4 aromatic rings. The number of piperidine rings is 1. The van der Waals surface area contributed by atoms with Crippen molar-refractivity contribution in [3.63, 3.8) is 0 Å². The Morgan fingerprint density at radius 1 is 0.970 bits per heavy atom. The van der Waals surface area contributed by atoms with Crippen molar-refractivity contribution in [2.45, 2.75) is 37.5 Å². The number of nitrogens with one attached hydrogen (secondary N) is 2. The molecule has 33 heavy (non-hydrogen) atoms. The third-order valence-electron chi connectivity index (χ3n) is 6.53. The molecule has 0 amide bonds. The SMILES string of the molecule is Cc1cccc(-c2cnc(C3CCN(S(=O)(=O)c4ccc5[nH]c(=O)[nH]c5c4)CC3)nc2)c1C. The standard InChI is InChI=1S/C24H25N5O3S/c1-15-4-3-5-20(16(15)2)18-13-25-23(26-14-18)17-8-10-29(11-9-17)33(31,32)19-6-7-21-22(12-19)28-24(30)27-21/h3-7,12-14,17H,8-11H2,1-2H3,(H2,27,28,30). The molecule has 1 aliphatic rings. The monoisotopic (exact) mass is 463 g/mol. The van der Waals surface area contributed by atoms with Crippen LogP contribution in [0.5, 0.6) is 0 Å². The van der Waals surface area contributed by atoms with E-state index in [-0.39, 0.29) is 16.5 Å². The second-order valence-electron chi connectivity index (χ2n) is 8.54. The Hall–Kier alpha value is -3.30. The number of sulfonamides is 1. The molecule has 2 aromatic heterocycles. The molecule has 0 aliphatic carbocycles. The molecule has 0 unspecified atom stereocenters. The number of imidazole rings is 1. The Balaban J connectivity index is 1.30. The zero-order chi connectivity index (χ0) is 23.2. The second-order valence-corrected chi connectivity index (χ2v) is 10.5. The number of fused-ring (bicyclic) bond motifs is 1. The van der Waals surface area contributed by atoms with Crippen LogP contribution in [0.3, 0.4) is 0 Å². The maximum atomic E-state index is 13.1. The molecule has 0 radical (unpaired) electrons. The van der Waals surface area contributed by atoms with Crippen molar-refractivity contribution in [3.05, 3.63) is 76.2 Å². The fraction of sp³-hybridized carbons (Fsp3) is 0.292. The fourth-order valence-electron chi connectivity index (χ4n) is 4.43. The molecule has 1 aliphatic heterocycles. The summed E-state index contributed by atoms with van der Waals surface area (Å²) in [6, 6.07) is 10.8. The van der Waals surface area contributed by atoms with Crippen LogP contribution in [-0.4, -0.2) is 45.7 Å². The first kappa shape index (κ1) is 21.5. The third-order valence-corrected chi connectivity index (χ3v) is 8.43. The van der Waals surface area contributed by atoms with Gasteiger partial charge in [-0.2, -0.15) is 4.31 Å². The minimum absolute atomic E-state index is 0.118. The van der Waals surface area contributed by atoms with E-state index in [2.05, 4.69) is 45.9 Å². The fourth-order valence-corrected chi connectivity index (χ4v) is 5.92. The summed E-state index contributed by atoms with van der Waals surface area (Å²) in [6.07, 6.45) is 5.04. The van der Waals surface area contributed by atoms with Crippen LogP contribution in [-0.2, 0) is 10.0 Å². The summed E-state index contributed by atoms with van der Waals surface area (Å²) >= 11 is 0. The highest BCUT2D eigenvalue weighted by Crippen LogP contribution is 2.31. The highest BCUT2D eigenvalue weighted by Gasteiger charge is 2.31. The second kappa shape index (κ2) is 8.24. The van der Waals surface area contributed by atoms with Gasteiger partial charge in [-0.25, -0.2) is 23.2 Å². The Labute approximate surface area is 191 Å². The number of aromatic amines is 2. The summed E-state index contributed by atoms with van der Waals surface area (Å²) < 4.78 is 27.8. The number of hydrogen-bond acceptors (Lipinski definition) is 5. The molecular formula is C24H25N5O3S. The van der Waals surface area contributed by atoms with Gasteiger partial charge >= 0.3 is 5.69 Å². The Morgan fingerprint density at radius 3 is 2.39 bits per heavy atom. The predicted molar refractivity (Wildman–Crippen MR) is 127 cm³/mol. The van der Waals surface area contributed by atoms with E-state index in [1.54, 1.807) is 6.07 Å². The molecule has 1 saturated heterocycles. The Kier molecular flexibility index (Phi) is 5.38. The van der Waals surface area contributed by atoms with Crippen LogP contribution in [0.15, 0.2) is 58.5 Å². The van der Waals surface area contributed by atoms with Gasteiger partial charge in [0.2, 0.25) is 10.0 Å². The molecule has 9 heteroatoms. The molecule has 0 saturated carbocycles. The zero-order valence-corrected chi connectivity index (χ0v) is 19.3. The lowest BCUT2D eigenvalue weighted by atomic mass is 9.96. The van der Waals surface area contributed by atoms with Crippen molar-refractivity contribution in [1.29, 1.82) is 0 Å². The molecule has 1 fully saturated rings. The van der Waals surface area contributed by atoms with Gasteiger partial charge in [-0.1, -0.05) is 18.2 Å². The molecular weight excluding hydrogens is 438 g/mol. The van der Waals surface area contributed by atoms with Gasteiger partial charge in [0.05, 0.1) is 15.9 Å². The number of benzene rings is 2. The summed E-state index contributed by atoms with van der Waals surface area (Å²) in [5, 5.41) is 0. The Bertz CT molecular complexity index is 1480. The minimum atomic E-state index is -3.64. The van der Waals surface area contributed by atoms with Gasteiger partial charge in [0.1, 0.15) is 5.82 Å². The lowest BCUT2D eigenvalue weighted by Crippen LogP contribution is -2.38. The van der Waals surface area contributed by atoms with E-state index in [1.807, 2.05) is 18.5 Å². The number of aryl methyl sites for hydroxylation is 1. The first-order chi connectivity index (χ1) is 15.8. The lowest BCUT2D eigenvalue weighted by molar-refractivity contribution is 0.313.